The molecule has 2 fully saturated rings. The van der Waals surface area contributed by atoms with Crippen LogP contribution in [0.3, 0.4) is 0 Å². The smallest absolute Gasteiger partial charge is 0.0164 e. The summed E-state index contributed by atoms with van der Waals surface area (Å²) in [5.41, 5.74) is 2.01. The van der Waals surface area contributed by atoms with Gasteiger partial charge in [0.15, 0.2) is 0 Å². The van der Waals surface area contributed by atoms with E-state index in [2.05, 4.69) is 42.7 Å². The molecule has 0 aromatic heterocycles. The Kier molecular flexibility index (Phi) is 3.43. The van der Waals surface area contributed by atoms with Crippen LogP contribution in [0.15, 0.2) is 30.3 Å². The summed E-state index contributed by atoms with van der Waals surface area (Å²) in [4.78, 5) is 0. The minimum atomic E-state index is 0.457. The van der Waals surface area contributed by atoms with E-state index in [1.807, 2.05) is 0 Å². The summed E-state index contributed by atoms with van der Waals surface area (Å²) >= 11 is 0. The van der Waals surface area contributed by atoms with Crippen molar-refractivity contribution in [2.24, 2.45) is 5.92 Å². The van der Waals surface area contributed by atoms with Crippen LogP contribution in [0.2, 0.25) is 0 Å². The second-order valence-electron chi connectivity index (χ2n) is 6.25. The highest BCUT2D eigenvalue weighted by Crippen LogP contribution is 2.52. The third-order valence-corrected chi connectivity index (χ3v) is 5.20. The van der Waals surface area contributed by atoms with E-state index in [0.717, 1.165) is 5.92 Å². The quantitative estimate of drug-likeness (QED) is 0.827. The van der Waals surface area contributed by atoms with Crippen LogP contribution in [0.5, 0.6) is 0 Å². The zero-order valence-corrected chi connectivity index (χ0v) is 11.5. The maximum Gasteiger partial charge on any atom is 0.0164 e. The Labute approximate surface area is 111 Å². The fraction of sp³-hybridized carbons (Fsp3) is 0.647. The number of rotatable bonds is 5. The van der Waals surface area contributed by atoms with Crippen LogP contribution < -0.4 is 5.32 Å². The highest BCUT2D eigenvalue weighted by Gasteiger charge is 2.50. The lowest BCUT2D eigenvalue weighted by Crippen LogP contribution is -2.39. The van der Waals surface area contributed by atoms with Gasteiger partial charge in [0.2, 0.25) is 0 Å². The van der Waals surface area contributed by atoms with E-state index >= 15 is 0 Å². The summed E-state index contributed by atoms with van der Waals surface area (Å²) in [7, 11) is 2.16. The SMILES string of the molecule is CNC(CC1CCCC1)C1(c2ccccc2)CC1. The van der Waals surface area contributed by atoms with Gasteiger partial charge in [-0.2, -0.15) is 0 Å². The molecule has 2 saturated carbocycles. The van der Waals surface area contributed by atoms with Crippen molar-refractivity contribution in [1.29, 1.82) is 0 Å². The predicted octanol–water partition coefficient (Wildman–Crippen LogP) is 3.89. The number of likely N-dealkylation sites (N-methyl/N-ethyl adjacent to an activating group) is 1. The molecule has 2 aliphatic carbocycles. The van der Waals surface area contributed by atoms with E-state index in [9.17, 15) is 0 Å². The molecule has 1 aromatic carbocycles. The van der Waals surface area contributed by atoms with Crippen molar-refractivity contribution in [2.75, 3.05) is 7.05 Å². The maximum absolute atomic E-state index is 3.63. The van der Waals surface area contributed by atoms with Crippen molar-refractivity contribution in [3.05, 3.63) is 35.9 Å². The molecule has 3 rings (SSSR count). The summed E-state index contributed by atoms with van der Waals surface area (Å²) in [6, 6.07) is 11.8. The van der Waals surface area contributed by atoms with Gasteiger partial charge in [0, 0.05) is 11.5 Å². The van der Waals surface area contributed by atoms with E-state index in [0.29, 0.717) is 11.5 Å². The highest BCUT2D eigenvalue weighted by atomic mass is 14.9. The monoisotopic (exact) mass is 243 g/mol. The van der Waals surface area contributed by atoms with E-state index in [1.54, 1.807) is 5.56 Å². The molecule has 0 aliphatic heterocycles. The number of nitrogens with one attached hydrogen (secondary N) is 1. The lowest BCUT2D eigenvalue weighted by molar-refractivity contribution is 0.346. The largest absolute Gasteiger partial charge is 0.316 e. The summed E-state index contributed by atoms with van der Waals surface area (Å²) in [6.45, 7) is 0. The molecule has 1 aromatic rings. The van der Waals surface area contributed by atoms with Gasteiger partial charge in [-0.25, -0.2) is 0 Å². The van der Waals surface area contributed by atoms with Gasteiger partial charge in [-0.1, -0.05) is 56.0 Å². The predicted molar refractivity (Wildman–Crippen MR) is 76.8 cm³/mol. The van der Waals surface area contributed by atoms with Crippen molar-refractivity contribution in [3.63, 3.8) is 0 Å². The number of hydrogen-bond acceptors (Lipinski definition) is 1. The lowest BCUT2D eigenvalue weighted by atomic mass is 9.82. The summed E-state index contributed by atoms with van der Waals surface area (Å²) in [6.07, 6.45) is 9.96. The normalized spacial score (nSPS) is 24.1. The fourth-order valence-electron chi connectivity index (χ4n) is 3.94. The van der Waals surface area contributed by atoms with Gasteiger partial charge in [-0.3, -0.25) is 0 Å². The van der Waals surface area contributed by atoms with Crippen LogP contribution in [0.1, 0.15) is 50.5 Å². The van der Waals surface area contributed by atoms with Crippen LogP contribution >= 0.6 is 0 Å². The Morgan fingerprint density at radius 1 is 1.17 bits per heavy atom. The molecule has 2 aliphatic rings. The van der Waals surface area contributed by atoms with Crippen molar-refractivity contribution in [1.82, 2.24) is 5.32 Å². The molecule has 0 saturated heterocycles. The molecule has 0 spiro atoms. The molecule has 0 bridgehead atoms. The second kappa shape index (κ2) is 5.05. The minimum Gasteiger partial charge on any atom is -0.316 e. The Morgan fingerprint density at radius 2 is 1.83 bits per heavy atom. The van der Waals surface area contributed by atoms with Gasteiger partial charge >= 0.3 is 0 Å². The first-order valence-corrected chi connectivity index (χ1v) is 7.58. The molecule has 98 valence electrons. The first-order chi connectivity index (χ1) is 8.85. The minimum absolute atomic E-state index is 0.457. The van der Waals surface area contributed by atoms with Gasteiger partial charge < -0.3 is 5.32 Å². The summed E-state index contributed by atoms with van der Waals surface area (Å²) in [5.74, 6) is 0.976. The fourth-order valence-corrected chi connectivity index (χ4v) is 3.94. The molecule has 1 unspecified atom stereocenters. The Balaban J connectivity index is 1.74. The van der Waals surface area contributed by atoms with Crippen LogP contribution in [-0.2, 0) is 5.41 Å². The first kappa shape index (κ1) is 12.2. The molecule has 18 heavy (non-hydrogen) atoms. The van der Waals surface area contributed by atoms with E-state index < -0.39 is 0 Å². The molecule has 1 atom stereocenters. The number of benzene rings is 1. The van der Waals surface area contributed by atoms with Crippen LogP contribution in [0.25, 0.3) is 0 Å². The Bertz CT molecular complexity index is 374. The standard InChI is InChI=1S/C17H25N/c1-18-16(13-14-7-5-6-8-14)17(11-12-17)15-9-3-2-4-10-15/h2-4,9-10,14,16,18H,5-8,11-13H2,1H3. The molecule has 0 amide bonds. The van der Waals surface area contributed by atoms with Gasteiger partial charge in [0.25, 0.3) is 0 Å². The Hall–Kier alpha value is -0.820. The average molecular weight is 243 g/mol. The van der Waals surface area contributed by atoms with Gasteiger partial charge in [-0.05, 0) is 37.8 Å². The van der Waals surface area contributed by atoms with Crippen LogP contribution in [0.4, 0.5) is 0 Å². The molecule has 1 heteroatoms. The zero-order chi connectivity index (χ0) is 12.4. The molecule has 0 heterocycles. The zero-order valence-electron chi connectivity index (χ0n) is 11.5. The average Bonchev–Trinajstić information content (AvgIpc) is 3.07. The lowest BCUT2D eigenvalue weighted by Gasteiger charge is -2.29. The topological polar surface area (TPSA) is 12.0 Å². The molecule has 1 nitrogen and oxygen atoms in total. The summed E-state index contributed by atoms with van der Waals surface area (Å²) < 4.78 is 0. The van der Waals surface area contributed by atoms with Crippen LogP contribution in [0, 0.1) is 5.92 Å². The molecular formula is C17H25N. The summed E-state index contributed by atoms with van der Waals surface area (Å²) in [5, 5.41) is 3.63. The van der Waals surface area contributed by atoms with Crippen molar-refractivity contribution in [2.45, 2.75) is 56.4 Å². The third kappa shape index (κ3) is 2.21. The van der Waals surface area contributed by atoms with Crippen molar-refractivity contribution in [3.8, 4) is 0 Å². The van der Waals surface area contributed by atoms with Crippen LogP contribution in [-0.4, -0.2) is 13.1 Å². The molecular weight excluding hydrogens is 218 g/mol. The van der Waals surface area contributed by atoms with E-state index in [-0.39, 0.29) is 0 Å². The molecule has 0 radical (unpaired) electrons. The second-order valence-corrected chi connectivity index (χ2v) is 6.25. The van der Waals surface area contributed by atoms with Crippen molar-refractivity contribution < 1.29 is 0 Å². The van der Waals surface area contributed by atoms with Gasteiger partial charge in [0.1, 0.15) is 0 Å². The Morgan fingerprint density at radius 3 is 2.39 bits per heavy atom. The van der Waals surface area contributed by atoms with E-state index in [1.165, 1.54) is 44.9 Å². The number of hydrogen-bond donors (Lipinski definition) is 1. The maximum atomic E-state index is 3.63. The van der Waals surface area contributed by atoms with Crippen molar-refractivity contribution >= 4 is 0 Å². The van der Waals surface area contributed by atoms with Gasteiger partial charge in [0.05, 0.1) is 0 Å². The first-order valence-electron chi connectivity index (χ1n) is 7.58. The molecule has 1 N–H and O–H groups in total. The highest BCUT2D eigenvalue weighted by molar-refractivity contribution is 5.33. The van der Waals surface area contributed by atoms with Gasteiger partial charge in [-0.15, -0.1) is 0 Å². The van der Waals surface area contributed by atoms with E-state index in [4.69, 9.17) is 0 Å². The third-order valence-electron chi connectivity index (χ3n) is 5.20.